The number of aryl methyl sites for hydroxylation is 2. The Morgan fingerprint density at radius 1 is 1.00 bits per heavy atom. The quantitative estimate of drug-likeness (QED) is 0.748. The molecule has 0 bridgehead atoms. The number of nitrogens with zero attached hydrogens (tertiary/aromatic N) is 3. The van der Waals surface area contributed by atoms with Crippen molar-refractivity contribution in [3.8, 4) is 0 Å². The zero-order chi connectivity index (χ0) is 16.2. The third kappa shape index (κ3) is 3.25. The standard InChI is InChI=1S/C19H23N5/c1-2-7-15(8-3-1)22-19-18-16(23-24-17(18)11-13-21-19)10-9-14-6-4-5-12-20-14/h4-6,11-13,15H,1-3,7-10H2,(H,21,22)(H,23,24). The van der Waals surface area contributed by atoms with Gasteiger partial charge in [0.05, 0.1) is 10.9 Å². The molecular formula is C19H23N5. The summed E-state index contributed by atoms with van der Waals surface area (Å²) in [7, 11) is 0. The van der Waals surface area contributed by atoms with Gasteiger partial charge in [-0.1, -0.05) is 25.3 Å². The SMILES string of the molecule is c1ccc(CCc2[nH]nc3ccnc(NC4CCCCC4)c23)nc1. The number of H-pyrrole nitrogens is 1. The molecule has 1 fully saturated rings. The van der Waals surface area contributed by atoms with Gasteiger partial charge in [-0.15, -0.1) is 0 Å². The number of hydrogen-bond donors (Lipinski definition) is 2. The van der Waals surface area contributed by atoms with Crippen molar-refractivity contribution in [2.24, 2.45) is 0 Å². The van der Waals surface area contributed by atoms with Crippen molar-refractivity contribution >= 4 is 16.7 Å². The second kappa shape index (κ2) is 6.99. The fourth-order valence-corrected chi connectivity index (χ4v) is 3.56. The lowest BCUT2D eigenvalue weighted by Crippen LogP contribution is -2.23. The minimum Gasteiger partial charge on any atom is -0.367 e. The average molecular weight is 321 g/mol. The first-order chi connectivity index (χ1) is 11.9. The van der Waals surface area contributed by atoms with Crippen LogP contribution in [0.25, 0.3) is 10.9 Å². The van der Waals surface area contributed by atoms with Crippen LogP contribution in [0.3, 0.4) is 0 Å². The molecular weight excluding hydrogens is 298 g/mol. The zero-order valence-corrected chi connectivity index (χ0v) is 13.8. The molecule has 0 radical (unpaired) electrons. The minimum atomic E-state index is 0.537. The predicted octanol–water partition coefficient (Wildman–Crippen LogP) is 3.88. The Balaban J connectivity index is 1.57. The highest BCUT2D eigenvalue weighted by molar-refractivity contribution is 5.91. The lowest BCUT2D eigenvalue weighted by atomic mass is 9.95. The summed E-state index contributed by atoms with van der Waals surface area (Å²) in [6.07, 6.45) is 11.9. The molecule has 3 aromatic rings. The first-order valence-electron chi connectivity index (χ1n) is 8.88. The molecule has 0 aromatic carbocycles. The van der Waals surface area contributed by atoms with E-state index in [0.29, 0.717) is 6.04 Å². The van der Waals surface area contributed by atoms with Gasteiger partial charge in [0, 0.05) is 29.8 Å². The third-order valence-electron chi connectivity index (χ3n) is 4.85. The molecule has 0 saturated heterocycles. The number of hydrogen-bond acceptors (Lipinski definition) is 4. The molecule has 1 saturated carbocycles. The predicted molar refractivity (Wildman–Crippen MR) is 96.0 cm³/mol. The normalized spacial score (nSPS) is 15.7. The van der Waals surface area contributed by atoms with Crippen molar-refractivity contribution in [3.05, 3.63) is 48.0 Å². The van der Waals surface area contributed by atoms with E-state index in [2.05, 4.69) is 31.5 Å². The number of aromatic amines is 1. The van der Waals surface area contributed by atoms with E-state index in [-0.39, 0.29) is 0 Å². The monoisotopic (exact) mass is 321 g/mol. The van der Waals surface area contributed by atoms with E-state index in [1.165, 1.54) is 32.1 Å². The van der Waals surface area contributed by atoms with Crippen LogP contribution in [0.15, 0.2) is 36.7 Å². The van der Waals surface area contributed by atoms with Gasteiger partial charge in [0.15, 0.2) is 0 Å². The van der Waals surface area contributed by atoms with Crippen molar-refractivity contribution in [2.75, 3.05) is 5.32 Å². The summed E-state index contributed by atoms with van der Waals surface area (Å²) in [6, 6.07) is 8.56. The van der Waals surface area contributed by atoms with E-state index in [1.807, 2.05) is 30.6 Å². The maximum Gasteiger partial charge on any atom is 0.137 e. The molecule has 1 aliphatic carbocycles. The van der Waals surface area contributed by atoms with E-state index in [9.17, 15) is 0 Å². The number of fused-ring (bicyclic) bond motifs is 1. The number of anilines is 1. The van der Waals surface area contributed by atoms with Crippen LogP contribution in [-0.4, -0.2) is 26.2 Å². The first-order valence-corrected chi connectivity index (χ1v) is 8.88. The van der Waals surface area contributed by atoms with E-state index < -0.39 is 0 Å². The first kappa shape index (κ1) is 15.1. The Kier molecular flexibility index (Phi) is 4.40. The Labute approximate surface area is 141 Å². The summed E-state index contributed by atoms with van der Waals surface area (Å²) in [5, 5.41) is 12.5. The molecule has 0 atom stereocenters. The summed E-state index contributed by atoms with van der Waals surface area (Å²) in [6.45, 7) is 0. The van der Waals surface area contributed by atoms with Crippen molar-refractivity contribution in [1.29, 1.82) is 0 Å². The van der Waals surface area contributed by atoms with Crippen molar-refractivity contribution in [3.63, 3.8) is 0 Å². The summed E-state index contributed by atoms with van der Waals surface area (Å²) >= 11 is 0. The molecule has 4 rings (SSSR count). The van der Waals surface area contributed by atoms with Gasteiger partial charge in [-0.05, 0) is 43.9 Å². The molecule has 0 aliphatic heterocycles. The fourth-order valence-electron chi connectivity index (χ4n) is 3.56. The Hall–Kier alpha value is -2.43. The number of rotatable bonds is 5. The lowest BCUT2D eigenvalue weighted by molar-refractivity contribution is 0.462. The Morgan fingerprint density at radius 3 is 2.75 bits per heavy atom. The maximum absolute atomic E-state index is 4.60. The van der Waals surface area contributed by atoms with Crippen LogP contribution in [0.1, 0.15) is 43.5 Å². The van der Waals surface area contributed by atoms with Crippen LogP contribution in [0.5, 0.6) is 0 Å². The topological polar surface area (TPSA) is 66.5 Å². The van der Waals surface area contributed by atoms with Gasteiger partial charge in [-0.2, -0.15) is 5.10 Å². The van der Waals surface area contributed by atoms with Gasteiger partial charge in [0.25, 0.3) is 0 Å². The summed E-state index contributed by atoms with van der Waals surface area (Å²) in [5.41, 5.74) is 3.23. The zero-order valence-electron chi connectivity index (χ0n) is 13.8. The van der Waals surface area contributed by atoms with Gasteiger partial charge in [-0.3, -0.25) is 10.1 Å². The van der Waals surface area contributed by atoms with Gasteiger partial charge in [-0.25, -0.2) is 4.98 Å². The fraction of sp³-hybridized carbons (Fsp3) is 0.421. The highest BCUT2D eigenvalue weighted by Crippen LogP contribution is 2.27. The van der Waals surface area contributed by atoms with Gasteiger partial charge in [0.2, 0.25) is 0 Å². The molecule has 0 spiro atoms. The van der Waals surface area contributed by atoms with E-state index in [1.54, 1.807) is 0 Å². The molecule has 3 aromatic heterocycles. The number of aromatic nitrogens is 4. The summed E-state index contributed by atoms with van der Waals surface area (Å²) in [5.74, 6) is 0.976. The van der Waals surface area contributed by atoms with E-state index in [4.69, 9.17) is 0 Å². The van der Waals surface area contributed by atoms with Crippen molar-refractivity contribution in [1.82, 2.24) is 20.2 Å². The van der Waals surface area contributed by atoms with Crippen molar-refractivity contribution in [2.45, 2.75) is 51.0 Å². The van der Waals surface area contributed by atoms with Crippen LogP contribution in [0.2, 0.25) is 0 Å². The molecule has 3 heterocycles. The largest absolute Gasteiger partial charge is 0.367 e. The minimum absolute atomic E-state index is 0.537. The molecule has 124 valence electrons. The van der Waals surface area contributed by atoms with Gasteiger partial charge in [0.1, 0.15) is 5.82 Å². The van der Waals surface area contributed by atoms with Crippen LogP contribution >= 0.6 is 0 Å². The summed E-state index contributed by atoms with van der Waals surface area (Å²) in [4.78, 5) is 9.01. The molecule has 5 heteroatoms. The van der Waals surface area contributed by atoms with Crippen LogP contribution in [0, 0.1) is 0 Å². The molecule has 0 amide bonds. The second-order valence-corrected chi connectivity index (χ2v) is 6.56. The molecule has 24 heavy (non-hydrogen) atoms. The highest BCUT2D eigenvalue weighted by atomic mass is 15.1. The number of nitrogens with one attached hydrogen (secondary N) is 2. The molecule has 5 nitrogen and oxygen atoms in total. The third-order valence-corrected chi connectivity index (χ3v) is 4.85. The highest BCUT2D eigenvalue weighted by Gasteiger charge is 2.17. The van der Waals surface area contributed by atoms with E-state index in [0.717, 1.165) is 41.0 Å². The Morgan fingerprint density at radius 2 is 1.92 bits per heavy atom. The molecule has 0 unspecified atom stereocenters. The van der Waals surface area contributed by atoms with Crippen molar-refractivity contribution < 1.29 is 0 Å². The average Bonchev–Trinajstić information content (AvgIpc) is 3.06. The smallest absolute Gasteiger partial charge is 0.137 e. The molecule has 1 aliphatic rings. The number of pyridine rings is 2. The second-order valence-electron chi connectivity index (χ2n) is 6.56. The molecule has 2 N–H and O–H groups in total. The maximum atomic E-state index is 4.60. The van der Waals surface area contributed by atoms with Crippen LogP contribution in [-0.2, 0) is 12.8 Å². The van der Waals surface area contributed by atoms with Gasteiger partial charge >= 0.3 is 0 Å². The van der Waals surface area contributed by atoms with Crippen LogP contribution < -0.4 is 5.32 Å². The van der Waals surface area contributed by atoms with Gasteiger partial charge < -0.3 is 5.32 Å². The lowest BCUT2D eigenvalue weighted by Gasteiger charge is -2.23. The van der Waals surface area contributed by atoms with Crippen LogP contribution in [0.4, 0.5) is 5.82 Å². The van der Waals surface area contributed by atoms with E-state index >= 15 is 0 Å². The Bertz CT molecular complexity index is 790. The summed E-state index contributed by atoms with van der Waals surface area (Å²) < 4.78 is 0.